The topological polar surface area (TPSA) is 66.7 Å². The third-order valence-electron chi connectivity index (χ3n) is 4.72. The molecule has 1 fully saturated rings. The molecule has 0 spiro atoms. The molecule has 0 atom stereocenters. The van der Waals surface area contributed by atoms with E-state index in [-0.39, 0.29) is 24.2 Å². The first-order valence-corrected chi connectivity index (χ1v) is 8.93. The molecular weight excluding hydrogens is 361 g/mol. The van der Waals surface area contributed by atoms with Crippen LogP contribution in [0.2, 0.25) is 0 Å². The van der Waals surface area contributed by atoms with Gasteiger partial charge in [-0.2, -0.15) is 0 Å². The number of rotatable bonds is 4. The molecule has 0 N–H and O–H groups in total. The van der Waals surface area contributed by atoms with Crippen molar-refractivity contribution in [3.63, 3.8) is 0 Å². The summed E-state index contributed by atoms with van der Waals surface area (Å²) in [5.41, 5.74) is 2.28. The smallest absolute Gasteiger partial charge is 0.259 e. The predicted octanol–water partition coefficient (Wildman–Crippen LogP) is 2.97. The molecule has 6 nitrogen and oxygen atoms in total. The summed E-state index contributed by atoms with van der Waals surface area (Å²) in [7, 11) is 0. The fraction of sp³-hybridized carbons (Fsp3) is 0.190. The van der Waals surface area contributed by atoms with Gasteiger partial charge in [0, 0.05) is 25.2 Å². The third-order valence-corrected chi connectivity index (χ3v) is 4.72. The minimum Gasteiger partial charge on any atom is -0.363 e. The zero-order chi connectivity index (χ0) is 19.5. The maximum absolute atomic E-state index is 13.4. The van der Waals surface area contributed by atoms with Gasteiger partial charge >= 0.3 is 0 Å². The van der Waals surface area contributed by atoms with Gasteiger partial charge in [0.05, 0.1) is 0 Å². The lowest BCUT2D eigenvalue weighted by molar-refractivity contribution is -0.135. The van der Waals surface area contributed by atoms with Gasteiger partial charge in [0.25, 0.3) is 5.91 Å². The second-order valence-corrected chi connectivity index (χ2v) is 6.61. The van der Waals surface area contributed by atoms with Crippen molar-refractivity contribution in [3.8, 4) is 11.3 Å². The molecule has 142 valence electrons. The Balaban J connectivity index is 1.46. The summed E-state index contributed by atoms with van der Waals surface area (Å²) in [4.78, 5) is 28.6. The maximum Gasteiger partial charge on any atom is 0.259 e. The molecule has 3 aromatic rings. The van der Waals surface area contributed by atoms with Gasteiger partial charge in [-0.05, 0) is 17.7 Å². The SMILES string of the molecule is O=C1CN(C(=O)c2conc2-c2ccccc2)CCN1Cc1cccc(F)c1. The Morgan fingerprint density at radius 3 is 2.68 bits per heavy atom. The largest absolute Gasteiger partial charge is 0.363 e. The molecule has 1 aliphatic rings. The number of nitrogens with zero attached hydrogens (tertiary/aromatic N) is 3. The van der Waals surface area contributed by atoms with Gasteiger partial charge in [-0.3, -0.25) is 9.59 Å². The van der Waals surface area contributed by atoms with E-state index in [0.29, 0.717) is 30.9 Å². The van der Waals surface area contributed by atoms with Gasteiger partial charge in [0.2, 0.25) is 5.91 Å². The van der Waals surface area contributed by atoms with Gasteiger partial charge in [0.1, 0.15) is 29.9 Å². The van der Waals surface area contributed by atoms with Crippen molar-refractivity contribution in [2.24, 2.45) is 0 Å². The fourth-order valence-electron chi connectivity index (χ4n) is 3.27. The van der Waals surface area contributed by atoms with Crippen molar-refractivity contribution in [3.05, 3.63) is 77.8 Å². The van der Waals surface area contributed by atoms with E-state index in [1.807, 2.05) is 30.3 Å². The van der Waals surface area contributed by atoms with Crippen LogP contribution >= 0.6 is 0 Å². The molecule has 0 unspecified atom stereocenters. The molecule has 4 rings (SSSR count). The summed E-state index contributed by atoms with van der Waals surface area (Å²) in [5, 5.41) is 3.95. The number of aromatic nitrogens is 1. The van der Waals surface area contributed by atoms with Crippen molar-refractivity contribution < 1.29 is 18.5 Å². The number of piperazine rings is 1. The molecule has 2 aromatic carbocycles. The van der Waals surface area contributed by atoms with Crippen LogP contribution in [0.15, 0.2) is 65.4 Å². The van der Waals surface area contributed by atoms with Crippen molar-refractivity contribution in [2.45, 2.75) is 6.54 Å². The van der Waals surface area contributed by atoms with E-state index in [1.54, 1.807) is 17.0 Å². The highest BCUT2D eigenvalue weighted by molar-refractivity contribution is 6.01. The standard InChI is InChI=1S/C21H18FN3O3/c22-17-8-4-5-15(11-17)12-24-9-10-25(13-19(24)26)21(27)18-14-28-23-20(18)16-6-2-1-3-7-16/h1-8,11,14H,9-10,12-13H2. The summed E-state index contributed by atoms with van der Waals surface area (Å²) in [6.07, 6.45) is 1.31. The van der Waals surface area contributed by atoms with Gasteiger partial charge in [0.15, 0.2) is 0 Å². The summed E-state index contributed by atoms with van der Waals surface area (Å²) in [6, 6.07) is 15.4. The molecule has 2 amide bonds. The van der Waals surface area contributed by atoms with Crippen molar-refractivity contribution in [2.75, 3.05) is 19.6 Å². The summed E-state index contributed by atoms with van der Waals surface area (Å²) >= 11 is 0. The highest BCUT2D eigenvalue weighted by Crippen LogP contribution is 2.24. The number of benzene rings is 2. The van der Waals surface area contributed by atoms with Crippen molar-refractivity contribution in [1.29, 1.82) is 0 Å². The van der Waals surface area contributed by atoms with Crippen LogP contribution in [0.3, 0.4) is 0 Å². The van der Waals surface area contributed by atoms with E-state index in [9.17, 15) is 14.0 Å². The lowest BCUT2D eigenvalue weighted by Gasteiger charge is -2.34. The Labute approximate surface area is 161 Å². The third kappa shape index (κ3) is 3.64. The quantitative estimate of drug-likeness (QED) is 0.699. The molecule has 1 aliphatic heterocycles. The molecule has 0 saturated carbocycles. The van der Waals surface area contributed by atoms with Gasteiger partial charge in [-0.25, -0.2) is 4.39 Å². The van der Waals surface area contributed by atoms with Gasteiger partial charge in [-0.15, -0.1) is 0 Å². The van der Waals surface area contributed by atoms with E-state index in [4.69, 9.17) is 4.52 Å². The number of amides is 2. The first-order chi connectivity index (χ1) is 13.6. The van der Waals surface area contributed by atoms with Gasteiger partial charge < -0.3 is 14.3 Å². The molecule has 28 heavy (non-hydrogen) atoms. The lowest BCUT2D eigenvalue weighted by Crippen LogP contribution is -2.51. The van der Waals surface area contributed by atoms with Crippen LogP contribution < -0.4 is 0 Å². The molecule has 1 aromatic heterocycles. The molecule has 2 heterocycles. The summed E-state index contributed by atoms with van der Waals surface area (Å²) < 4.78 is 18.4. The molecule has 7 heteroatoms. The second kappa shape index (κ2) is 7.64. The van der Waals surface area contributed by atoms with Crippen LogP contribution in [0, 0.1) is 5.82 Å². The molecular formula is C21H18FN3O3. The van der Waals surface area contributed by atoms with Crippen LogP contribution in [-0.4, -0.2) is 46.4 Å². The normalized spacial score (nSPS) is 14.4. The number of halogens is 1. The van der Waals surface area contributed by atoms with E-state index >= 15 is 0 Å². The van der Waals surface area contributed by atoms with Crippen LogP contribution in [0.1, 0.15) is 15.9 Å². The average Bonchev–Trinajstić information content (AvgIpc) is 3.19. The first kappa shape index (κ1) is 17.9. The number of hydrogen-bond donors (Lipinski definition) is 0. The molecule has 0 aliphatic carbocycles. The zero-order valence-electron chi connectivity index (χ0n) is 15.0. The van der Waals surface area contributed by atoms with Crippen LogP contribution in [0.5, 0.6) is 0 Å². The van der Waals surface area contributed by atoms with Gasteiger partial charge in [-0.1, -0.05) is 47.6 Å². The number of carbonyl (C=O) groups excluding carboxylic acids is 2. The van der Waals surface area contributed by atoms with Crippen LogP contribution in [0.25, 0.3) is 11.3 Å². The Bertz CT molecular complexity index is 1000. The fourth-order valence-corrected chi connectivity index (χ4v) is 3.27. The summed E-state index contributed by atoms with van der Waals surface area (Å²) in [5.74, 6) is -0.805. The molecule has 0 radical (unpaired) electrons. The van der Waals surface area contributed by atoms with Crippen LogP contribution in [0.4, 0.5) is 4.39 Å². The minimum absolute atomic E-state index is 0.0342. The predicted molar refractivity (Wildman–Crippen MR) is 99.7 cm³/mol. The zero-order valence-corrected chi connectivity index (χ0v) is 15.0. The second-order valence-electron chi connectivity index (χ2n) is 6.61. The van der Waals surface area contributed by atoms with E-state index in [2.05, 4.69) is 5.16 Å². The Morgan fingerprint density at radius 1 is 1.11 bits per heavy atom. The van der Waals surface area contributed by atoms with Crippen molar-refractivity contribution in [1.82, 2.24) is 15.0 Å². The van der Waals surface area contributed by atoms with E-state index in [1.165, 1.54) is 23.3 Å². The Kier molecular flexibility index (Phi) is 4.89. The van der Waals surface area contributed by atoms with E-state index < -0.39 is 0 Å². The molecule has 1 saturated heterocycles. The van der Waals surface area contributed by atoms with Crippen molar-refractivity contribution >= 4 is 11.8 Å². The summed E-state index contributed by atoms with van der Waals surface area (Å²) in [6.45, 7) is 1.06. The van der Waals surface area contributed by atoms with Crippen LogP contribution in [-0.2, 0) is 11.3 Å². The highest BCUT2D eigenvalue weighted by atomic mass is 19.1. The minimum atomic E-state index is -0.334. The molecule has 0 bridgehead atoms. The first-order valence-electron chi connectivity index (χ1n) is 8.93. The maximum atomic E-state index is 13.4. The lowest BCUT2D eigenvalue weighted by atomic mass is 10.1. The number of carbonyl (C=O) groups is 2. The number of hydrogen-bond acceptors (Lipinski definition) is 4. The highest BCUT2D eigenvalue weighted by Gasteiger charge is 2.30. The van der Waals surface area contributed by atoms with E-state index in [0.717, 1.165) is 11.1 Å². The monoisotopic (exact) mass is 379 g/mol. The Morgan fingerprint density at radius 2 is 1.93 bits per heavy atom. The average molecular weight is 379 g/mol. The Hall–Kier alpha value is -3.48.